The number of nitrogens with zero attached hydrogens (tertiary/aromatic N) is 2. The second-order valence-corrected chi connectivity index (χ2v) is 8.14. The normalized spacial score (nSPS) is 11.5. The molecule has 3 heteroatoms. The van der Waals surface area contributed by atoms with Crippen molar-refractivity contribution in [2.24, 2.45) is 5.92 Å². The third-order valence-corrected chi connectivity index (χ3v) is 5.09. The molecule has 1 heterocycles. The average Bonchev–Trinajstić information content (AvgIpc) is 3.08. The van der Waals surface area contributed by atoms with Crippen molar-refractivity contribution in [3.05, 3.63) is 95.1 Å². The predicted molar refractivity (Wildman–Crippen MR) is 115 cm³/mol. The Kier molecular flexibility index (Phi) is 7.05. The maximum atomic E-state index is 13.3. The number of aryl methyl sites for hydroxylation is 1. The fourth-order valence-electron chi connectivity index (χ4n) is 3.49. The van der Waals surface area contributed by atoms with Crippen LogP contribution in [0.1, 0.15) is 42.7 Å². The van der Waals surface area contributed by atoms with Crippen LogP contribution in [0.25, 0.3) is 0 Å². The predicted octanol–water partition coefficient (Wildman–Crippen LogP) is 6.03. The molecule has 0 fully saturated rings. The van der Waals surface area contributed by atoms with Gasteiger partial charge in [0.1, 0.15) is 5.82 Å². The van der Waals surface area contributed by atoms with Crippen molar-refractivity contribution in [3.63, 3.8) is 0 Å². The Morgan fingerprint density at radius 1 is 0.929 bits per heavy atom. The zero-order valence-corrected chi connectivity index (χ0v) is 17.2. The Labute approximate surface area is 168 Å². The molecule has 0 unspecified atom stereocenters. The van der Waals surface area contributed by atoms with E-state index in [2.05, 4.69) is 72.8 Å². The summed E-state index contributed by atoms with van der Waals surface area (Å²) in [7, 11) is 0. The second kappa shape index (κ2) is 9.70. The molecule has 0 N–H and O–H groups in total. The van der Waals surface area contributed by atoms with Crippen LogP contribution in [0.15, 0.2) is 66.9 Å². The lowest BCUT2D eigenvalue weighted by atomic mass is 10.1. The highest BCUT2D eigenvalue weighted by molar-refractivity contribution is 5.23. The van der Waals surface area contributed by atoms with Crippen LogP contribution in [0.3, 0.4) is 0 Å². The molecule has 2 nitrogen and oxygen atoms in total. The summed E-state index contributed by atoms with van der Waals surface area (Å²) in [6, 6.07) is 19.9. The van der Waals surface area contributed by atoms with E-state index in [1.165, 1.54) is 16.8 Å². The number of halogens is 1. The van der Waals surface area contributed by atoms with Crippen LogP contribution in [0.2, 0.25) is 0 Å². The highest BCUT2D eigenvalue weighted by atomic mass is 19.1. The van der Waals surface area contributed by atoms with E-state index in [1.54, 1.807) is 12.1 Å². The van der Waals surface area contributed by atoms with Crippen molar-refractivity contribution in [2.75, 3.05) is 6.54 Å². The van der Waals surface area contributed by atoms with Crippen LogP contribution in [-0.4, -0.2) is 16.0 Å². The maximum Gasteiger partial charge on any atom is 0.123 e. The zero-order valence-electron chi connectivity index (χ0n) is 17.2. The minimum Gasteiger partial charge on any atom is -0.346 e. The standard InChI is InChI=1S/C25H31FN2/c1-20(2)13-15-27(17-22-9-11-24(26)12-10-22)19-25-8-5-14-28(25)18-23-7-4-6-21(3)16-23/h4-12,14,16,20H,13,15,17-19H2,1-3H3. The van der Waals surface area contributed by atoms with Crippen LogP contribution in [0.5, 0.6) is 0 Å². The van der Waals surface area contributed by atoms with Crippen LogP contribution in [0, 0.1) is 18.7 Å². The summed E-state index contributed by atoms with van der Waals surface area (Å²) >= 11 is 0. The van der Waals surface area contributed by atoms with Gasteiger partial charge in [0.25, 0.3) is 0 Å². The molecular formula is C25H31FN2. The summed E-state index contributed by atoms with van der Waals surface area (Å²) in [6.45, 7) is 10.3. The number of benzene rings is 2. The molecule has 28 heavy (non-hydrogen) atoms. The topological polar surface area (TPSA) is 8.17 Å². The lowest BCUT2D eigenvalue weighted by Gasteiger charge is -2.24. The summed E-state index contributed by atoms with van der Waals surface area (Å²) in [5.41, 5.74) is 5.08. The van der Waals surface area contributed by atoms with Crippen LogP contribution < -0.4 is 0 Å². The second-order valence-electron chi connectivity index (χ2n) is 8.14. The Morgan fingerprint density at radius 2 is 1.71 bits per heavy atom. The molecule has 3 rings (SSSR count). The summed E-state index contributed by atoms with van der Waals surface area (Å²) in [5.74, 6) is 0.485. The molecule has 0 aliphatic rings. The Bertz CT molecular complexity index is 864. The van der Waals surface area contributed by atoms with E-state index in [4.69, 9.17) is 0 Å². The van der Waals surface area contributed by atoms with Gasteiger partial charge >= 0.3 is 0 Å². The molecule has 0 aliphatic heterocycles. The van der Waals surface area contributed by atoms with E-state index in [0.717, 1.165) is 38.2 Å². The largest absolute Gasteiger partial charge is 0.346 e. The van der Waals surface area contributed by atoms with E-state index in [9.17, 15) is 4.39 Å². The lowest BCUT2D eigenvalue weighted by molar-refractivity contribution is 0.235. The van der Waals surface area contributed by atoms with Crippen molar-refractivity contribution in [1.82, 2.24) is 9.47 Å². The number of hydrogen-bond donors (Lipinski definition) is 0. The van der Waals surface area contributed by atoms with Crippen LogP contribution in [-0.2, 0) is 19.6 Å². The van der Waals surface area contributed by atoms with Gasteiger partial charge in [-0.2, -0.15) is 0 Å². The smallest absolute Gasteiger partial charge is 0.123 e. The first kappa shape index (κ1) is 20.3. The van der Waals surface area contributed by atoms with Gasteiger partial charge in [-0.25, -0.2) is 4.39 Å². The summed E-state index contributed by atoms with van der Waals surface area (Å²) < 4.78 is 15.6. The molecule has 0 aliphatic carbocycles. The molecule has 0 amide bonds. The quantitative estimate of drug-likeness (QED) is 0.441. The average molecular weight is 379 g/mol. The van der Waals surface area contributed by atoms with Gasteiger partial charge < -0.3 is 4.57 Å². The van der Waals surface area contributed by atoms with Gasteiger partial charge in [0.05, 0.1) is 0 Å². The monoisotopic (exact) mass is 378 g/mol. The fourth-order valence-corrected chi connectivity index (χ4v) is 3.49. The number of hydrogen-bond acceptors (Lipinski definition) is 1. The Hall–Kier alpha value is -2.39. The third-order valence-electron chi connectivity index (χ3n) is 5.09. The van der Waals surface area contributed by atoms with E-state index in [1.807, 2.05) is 12.1 Å². The molecule has 0 saturated heterocycles. The molecule has 3 aromatic rings. The molecular weight excluding hydrogens is 347 g/mol. The van der Waals surface area contributed by atoms with Crippen molar-refractivity contribution < 1.29 is 4.39 Å². The number of aromatic nitrogens is 1. The lowest BCUT2D eigenvalue weighted by Crippen LogP contribution is -2.26. The van der Waals surface area contributed by atoms with Crippen LogP contribution in [0.4, 0.5) is 4.39 Å². The first-order valence-electron chi connectivity index (χ1n) is 10.2. The highest BCUT2D eigenvalue weighted by Crippen LogP contribution is 2.16. The molecule has 0 spiro atoms. The molecule has 0 bridgehead atoms. The molecule has 0 saturated carbocycles. The Morgan fingerprint density at radius 3 is 2.43 bits per heavy atom. The minimum absolute atomic E-state index is 0.176. The van der Waals surface area contributed by atoms with E-state index in [-0.39, 0.29) is 5.82 Å². The molecule has 0 radical (unpaired) electrons. The first-order chi connectivity index (χ1) is 13.5. The van der Waals surface area contributed by atoms with E-state index < -0.39 is 0 Å². The third kappa shape index (κ3) is 6.07. The van der Waals surface area contributed by atoms with Gasteiger partial charge in [-0.05, 0) is 61.2 Å². The van der Waals surface area contributed by atoms with Gasteiger partial charge in [0.2, 0.25) is 0 Å². The zero-order chi connectivity index (χ0) is 19.9. The van der Waals surface area contributed by atoms with Gasteiger partial charge in [0, 0.05) is 31.5 Å². The van der Waals surface area contributed by atoms with E-state index >= 15 is 0 Å². The highest BCUT2D eigenvalue weighted by Gasteiger charge is 2.11. The molecule has 0 atom stereocenters. The fraction of sp³-hybridized carbons (Fsp3) is 0.360. The van der Waals surface area contributed by atoms with Crippen molar-refractivity contribution in [3.8, 4) is 0 Å². The molecule has 2 aromatic carbocycles. The SMILES string of the molecule is Cc1cccc(Cn2cccc2CN(CCC(C)C)Cc2ccc(F)cc2)c1. The number of rotatable bonds is 9. The first-order valence-corrected chi connectivity index (χ1v) is 10.2. The van der Waals surface area contributed by atoms with E-state index in [0.29, 0.717) is 5.92 Å². The molecule has 148 valence electrons. The Balaban J connectivity index is 1.73. The van der Waals surface area contributed by atoms with Crippen molar-refractivity contribution in [2.45, 2.75) is 46.8 Å². The van der Waals surface area contributed by atoms with Gasteiger partial charge in [0.15, 0.2) is 0 Å². The van der Waals surface area contributed by atoms with Crippen LogP contribution >= 0.6 is 0 Å². The van der Waals surface area contributed by atoms with Gasteiger partial charge in [-0.3, -0.25) is 4.90 Å². The van der Waals surface area contributed by atoms with Gasteiger partial charge in [-0.15, -0.1) is 0 Å². The summed E-state index contributed by atoms with van der Waals surface area (Å²) in [6.07, 6.45) is 3.32. The summed E-state index contributed by atoms with van der Waals surface area (Å²) in [4.78, 5) is 2.47. The van der Waals surface area contributed by atoms with Crippen molar-refractivity contribution >= 4 is 0 Å². The summed E-state index contributed by atoms with van der Waals surface area (Å²) in [5, 5.41) is 0. The maximum absolute atomic E-state index is 13.3. The molecule has 1 aromatic heterocycles. The minimum atomic E-state index is -0.176. The van der Waals surface area contributed by atoms with Crippen molar-refractivity contribution in [1.29, 1.82) is 0 Å². The van der Waals surface area contributed by atoms with Gasteiger partial charge in [-0.1, -0.05) is 55.8 Å².